The van der Waals surface area contributed by atoms with Gasteiger partial charge in [-0.05, 0) is 37.0 Å². The summed E-state index contributed by atoms with van der Waals surface area (Å²) in [6.45, 7) is 3.09. The Morgan fingerprint density at radius 3 is 2.17 bits per heavy atom. The zero-order valence-corrected chi connectivity index (χ0v) is 16.8. The second-order valence-electron chi connectivity index (χ2n) is 8.19. The van der Waals surface area contributed by atoms with Crippen LogP contribution in [0.25, 0.3) is 11.1 Å². The number of hydrogen-bond donors (Lipinski definition) is 3. The van der Waals surface area contributed by atoms with Crippen molar-refractivity contribution in [2.24, 2.45) is 0 Å². The Hall–Kier alpha value is -3.48. The van der Waals surface area contributed by atoms with E-state index in [9.17, 15) is 19.2 Å². The summed E-state index contributed by atoms with van der Waals surface area (Å²) in [6.07, 6.45) is 0.747. The van der Waals surface area contributed by atoms with Gasteiger partial charge in [0.05, 0.1) is 6.42 Å². The van der Waals surface area contributed by atoms with Gasteiger partial charge in [-0.25, -0.2) is 4.79 Å². The first-order valence-electron chi connectivity index (χ1n) is 9.89. The molecule has 0 spiro atoms. The molecular weight excluding hydrogens is 382 g/mol. The van der Waals surface area contributed by atoms with Gasteiger partial charge in [0.2, 0.25) is 5.91 Å². The maximum Gasteiger partial charge on any atom is 0.322 e. The second-order valence-corrected chi connectivity index (χ2v) is 8.19. The Labute approximate surface area is 174 Å². The summed E-state index contributed by atoms with van der Waals surface area (Å²) < 4.78 is 0. The third-order valence-electron chi connectivity index (χ3n) is 5.73. The molecule has 0 bridgehead atoms. The second kappa shape index (κ2) is 7.40. The number of amides is 4. The largest absolute Gasteiger partial charge is 0.353 e. The molecule has 0 aromatic heterocycles. The molecule has 2 aromatic carbocycles. The molecule has 0 radical (unpaired) electrons. The summed E-state index contributed by atoms with van der Waals surface area (Å²) in [6, 6.07) is 15.2. The fourth-order valence-electron chi connectivity index (χ4n) is 3.83. The van der Waals surface area contributed by atoms with Gasteiger partial charge < -0.3 is 10.6 Å². The molecule has 7 heteroatoms. The number of imide groups is 1. The highest BCUT2D eigenvalue weighted by Gasteiger charge is 2.45. The highest BCUT2D eigenvalue weighted by Crippen LogP contribution is 2.41. The Balaban J connectivity index is 1.34. The van der Waals surface area contributed by atoms with Crippen LogP contribution in [-0.4, -0.2) is 35.2 Å². The lowest BCUT2D eigenvalue weighted by atomic mass is 9.98. The number of rotatable bonds is 6. The Kier molecular flexibility index (Phi) is 4.89. The Morgan fingerprint density at radius 2 is 1.63 bits per heavy atom. The predicted octanol–water partition coefficient (Wildman–Crippen LogP) is 2.52. The van der Waals surface area contributed by atoms with E-state index in [0.717, 1.165) is 23.1 Å². The van der Waals surface area contributed by atoms with E-state index in [1.54, 1.807) is 13.8 Å². The van der Waals surface area contributed by atoms with Gasteiger partial charge in [0.25, 0.3) is 5.91 Å². The van der Waals surface area contributed by atoms with E-state index in [1.807, 2.05) is 36.4 Å². The molecule has 154 valence electrons. The van der Waals surface area contributed by atoms with Crippen molar-refractivity contribution in [3.8, 4) is 11.1 Å². The summed E-state index contributed by atoms with van der Waals surface area (Å²) >= 11 is 0. The van der Waals surface area contributed by atoms with Crippen molar-refractivity contribution < 1.29 is 19.2 Å². The molecular formula is C23H23N3O4. The molecule has 1 aliphatic heterocycles. The SMILES string of the molecule is CC(=O)c1ccc(-c2ccc([C@H]3C[C@@H]3NC(=O)CC3(C)NC(=O)NC3=O)cc2)cc1. The third-order valence-corrected chi connectivity index (χ3v) is 5.73. The Morgan fingerprint density at radius 1 is 1.03 bits per heavy atom. The first kappa shape index (κ1) is 19.8. The number of ketones is 1. The molecule has 2 aliphatic rings. The standard InChI is InChI=1S/C23H23N3O4/c1-13(27)14-3-5-15(6-4-14)16-7-9-17(10-8-16)18-11-19(18)24-20(28)12-23(2)21(29)25-22(30)26-23/h3-10,18-19H,11-12H2,1-2H3,(H,24,28)(H2,25,26,29,30)/t18-,19+,23?/m1/s1. The smallest absolute Gasteiger partial charge is 0.322 e. The van der Waals surface area contributed by atoms with E-state index in [-0.39, 0.29) is 30.1 Å². The summed E-state index contributed by atoms with van der Waals surface area (Å²) in [5.41, 5.74) is 2.73. The highest BCUT2D eigenvalue weighted by molar-refractivity contribution is 6.08. The lowest BCUT2D eigenvalue weighted by molar-refractivity contribution is -0.129. The van der Waals surface area contributed by atoms with Crippen molar-refractivity contribution in [2.45, 2.75) is 44.2 Å². The van der Waals surface area contributed by atoms with E-state index in [1.165, 1.54) is 0 Å². The number of carbonyl (C=O) groups is 4. The van der Waals surface area contributed by atoms with E-state index in [2.05, 4.69) is 28.1 Å². The summed E-state index contributed by atoms with van der Waals surface area (Å²) in [7, 11) is 0. The maximum absolute atomic E-state index is 12.3. The van der Waals surface area contributed by atoms with Gasteiger partial charge >= 0.3 is 6.03 Å². The van der Waals surface area contributed by atoms with Gasteiger partial charge in [0.1, 0.15) is 5.54 Å². The fourth-order valence-corrected chi connectivity index (χ4v) is 3.83. The first-order chi connectivity index (χ1) is 14.2. The maximum atomic E-state index is 12.3. The first-order valence-corrected chi connectivity index (χ1v) is 9.89. The van der Waals surface area contributed by atoms with Crippen molar-refractivity contribution in [2.75, 3.05) is 0 Å². The van der Waals surface area contributed by atoms with Crippen LogP contribution >= 0.6 is 0 Å². The minimum Gasteiger partial charge on any atom is -0.353 e. The third kappa shape index (κ3) is 3.96. The molecule has 1 saturated heterocycles. The number of Topliss-reactive ketones (excluding diaryl/α,β-unsaturated/α-hetero) is 1. The molecule has 1 saturated carbocycles. The topological polar surface area (TPSA) is 104 Å². The lowest BCUT2D eigenvalue weighted by Crippen LogP contribution is -2.48. The molecule has 3 atom stereocenters. The zero-order valence-electron chi connectivity index (χ0n) is 16.8. The van der Waals surface area contributed by atoms with Crippen LogP contribution in [-0.2, 0) is 9.59 Å². The van der Waals surface area contributed by atoms with Gasteiger partial charge in [-0.3, -0.25) is 19.7 Å². The molecule has 4 amide bonds. The molecule has 2 fully saturated rings. The van der Waals surface area contributed by atoms with Crippen molar-refractivity contribution in [1.82, 2.24) is 16.0 Å². The summed E-state index contributed by atoms with van der Waals surface area (Å²) in [4.78, 5) is 46.9. The molecule has 1 unspecified atom stereocenters. The van der Waals surface area contributed by atoms with Crippen molar-refractivity contribution in [1.29, 1.82) is 0 Å². The number of benzene rings is 2. The van der Waals surface area contributed by atoms with Crippen molar-refractivity contribution >= 4 is 23.6 Å². The monoisotopic (exact) mass is 405 g/mol. The van der Waals surface area contributed by atoms with E-state index in [0.29, 0.717) is 5.56 Å². The van der Waals surface area contributed by atoms with E-state index >= 15 is 0 Å². The minimum atomic E-state index is -1.20. The molecule has 2 aromatic rings. The van der Waals surface area contributed by atoms with Crippen molar-refractivity contribution in [3.05, 3.63) is 59.7 Å². The molecule has 4 rings (SSSR count). The molecule has 3 N–H and O–H groups in total. The van der Waals surface area contributed by atoms with E-state index < -0.39 is 17.5 Å². The van der Waals surface area contributed by atoms with Gasteiger partial charge in [-0.1, -0.05) is 48.5 Å². The van der Waals surface area contributed by atoms with Crippen molar-refractivity contribution in [3.63, 3.8) is 0 Å². The van der Waals surface area contributed by atoms with Gasteiger partial charge in [0.15, 0.2) is 5.78 Å². The van der Waals surface area contributed by atoms with Gasteiger partial charge in [0, 0.05) is 17.5 Å². The minimum absolute atomic E-state index is 0.0296. The fraction of sp³-hybridized carbons (Fsp3) is 0.304. The van der Waals surface area contributed by atoms with Crippen LogP contribution in [0.1, 0.15) is 48.5 Å². The van der Waals surface area contributed by atoms with Gasteiger partial charge in [-0.2, -0.15) is 0 Å². The van der Waals surface area contributed by atoms with Gasteiger partial charge in [-0.15, -0.1) is 0 Å². The highest BCUT2D eigenvalue weighted by atomic mass is 16.2. The Bertz CT molecular complexity index is 1030. The number of urea groups is 1. The predicted molar refractivity (Wildman–Crippen MR) is 111 cm³/mol. The number of hydrogen-bond acceptors (Lipinski definition) is 4. The molecule has 30 heavy (non-hydrogen) atoms. The summed E-state index contributed by atoms with van der Waals surface area (Å²) in [5, 5.41) is 7.61. The average molecular weight is 405 g/mol. The quantitative estimate of drug-likeness (QED) is 0.507. The van der Waals surface area contributed by atoms with Crippen LogP contribution in [0.5, 0.6) is 0 Å². The average Bonchev–Trinajstić information content (AvgIpc) is 3.40. The lowest BCUT2D eigenvalue weighted by Gasteiger charge is -2.19. The normalized spacial score (nSPS) is 24.7. The van der Waals surface area contributed by atoms with Crippen LogP contribution in [0.4, 0.5) is 4.79 Å². The van der Waals surface area contributed by atoms with Crippen LogP contribution in [0, 0.1) is 0 Å². The van der Waals surface area contributed by atoms with Crippen LogP contribution in [0.15, 0.2) is 48.5 Å². The zero-order chi connectivity index (χ0) is 21.5. The van der Waals surface area contributed by atoms with Crippen LogP contribution in [0.2, 0.25) is 0 Å². The number of carbonyl (C=O) groups excluding carboxylic acids is 4. The molecule has 7 nitrogen and oxygen atoms in total. The summed E-state index contributed by atoms with van der Waals surface area (Å²) in [5.74, 6) is -0.460. The number of nitrogens with one attached hydrogen (secondary N) is 3. The van der Waals surface area contributed by atoms with Crippen LogP contribution < -0.4 is 16.0 Å². The van der Waals surface area contributed by atoms with Crippen LogP contribution in [0.3, 0.4) is 0 Å². The molecule has 1 aliphatic carbocycles. The molecule has 1 heterocycles. The van der Waals surface area contributed by atoms with E-state index in [4.69, 9.17) is 0 Å².